The minimum Gasteiger partial charge on any atom is -0.488 e. The Morgan fingerprint density at radius 2 is 2.03 bits per heavy atom. The summed E-state index contributed by atoms with van der Waals surface area (Å²) in [7, 11) is 0. The molecule has 4 aromatic rings. The Morgan fingerprint density at radius 3 is 2.87 bits per heavy atom. The molecule has 3 heterocycles. The number of pyridine rings is 1. The molecule has 0 radical (unpaired) electrons. The molecule has 158 valence electrons. The molecule has 1 amide bonds. The summed E-state index contributed by atoms with van der Waals surface area (Å²) >= 11 is 0. The lowest BCUT2D eigenvalue weighted by Crippen LogP contribution is -2.51. The van der Waals surface area contributed by atoms with Crippen LogP contribution in [0, 0.1) is 13.8 Å². The third kappa shape index (κ3) is 3.64. The number of aliphatic hydroxyl groups excluding tert-OH is 1. The molecule has 6 heteroatoms. The van der Waals surface area contributed by atoms with E-state index in [2.05, 4.69) is 16.9 Å². The maximum Gasteiger partial charge on any atom is 0.253 e. The van der Waals surface area contributed by atoms with E-state index >= 15 is 0 Å². The number of amides is 1. The zero-order chi connectivity index (χ0) is 21.5. The number of nitrogens with zero attached hydrogens (tertiary/aromatic N) is 2. The van der Waals surface area contributed by atoms with E-state index < -0.39 is 6.10 Å². The fourth-order valence-corrected chi connectivity index (χ4v) is 4.32. The molecule has 2 aromatic carbocycles. The molecule has 1 aliphatic heterocycles. The van der Waals surface area contributed by atoms with Gasteiger partial charge in [0.25, 0.3) is 5.91 Å². The molecule has 0 spiro atoms. The molecule has 0 unspecified atom stereocenters. The van der Waals surface area contributed by atoms with Crippen LogP contribution in [0.15, 0.2) is 54.9 Å². The number of hydrogen-bond donors (Lipinski definition) is 2. The minimum atomic E-state index is -0.748. The molecule has 0 bridgehead atoms. The Bertz CT molecular complexity index is 1280. The Balaban J connectivity index is 1.28. The lowest BCUT2D eigenvalue weighted by atomic mass is 10.0. The van der Waals surface area contributed by atoms with Crippen molar-refractivity contribution in [2.75, 3.05) is 13.1 Å². The highest BCUT2D eigenvalue weighted by Crippen LogP contribution is 2.26. The first kappa shape index (κ1) is 19.6. The number of β-amino-alcohol motifs (C(OH)–C–C–N with tert-alkyl or cyclic N) is 1. The van der Waals surface area contributed by atoms with Crippen molar-refractivity contribution in [2.24, 2.45) is 0 Å². The first-order valence-corrected chi connectivity index (χ1v) is 10.6. The Labute approximate surface area is 180 Å². The second kappa shape index (κ2) is 7.71. The van der Waals surface area contributed by atoms with Crippen molar-refractivity contribution < 1.29 is 14.6 Å². The maximum atomic E-state index is 13.1. The van der Waals surface area contributed by atoms with E-state index in [9.17, 15) is 9.90 Å². The van der Waals surface area contributed by atoms with Gasteiger partial charge in [-0.05, 0) is 61.2 Å². The topological polar surface area (TPSA) is 78.5 Å². The molecule has 1 saturated heterocycles. The van der Waals surface area contributed by atoms with Crippen molar-refractivity contribution in [1.29, 1.82) is 0 Å². The molecule has 5 rings (SSSR count). The number of rotatable bonds is 3. The van der Waals surface area contributed by atoms with Crippen LogP contribution in [-0.2, 0) is 0 Å². The van der Waals surface area contributed by atoms with Crippen LogP contribution >= 0.6 is 0 Å². The number of likely N-dealkylation sites (tertiary alicyclic amines) is 1. The number of aliphatic hydroxyl groups is 1. The summed E-state index contributed by atoms with van der Waals surface area (Å²) in [4.78, 5) is 22.3. The molecular formula is C25H25N3O3. The lowest BCUT2D eigenvalue weighted by Gasteiger charge is -2.36. The van der Waals surface area contributed by atoms with Gasteiger partial charge in [-0.1, -0.05) is 6.07 Å². The SMILES string of the molecule is Cc1[nH]c2ccc(C(=O)N3CC[C@@H](Oc4ccc5ccncc5c4)[C@H](O)C3)cc2c1C. The summed E-state index contributed by atoms with van der Waals surface area (Å²) in [5, 5.41) is 13.8. The first-order chi connectivity index (χ1) is 15.0. The highest BCUT2D eigenvalue weighted by molar-refractivity contribution is 5.99. The van der Waals surface area contributed by atoms with Gasteiger partial charge < -0.3 is 19.7 Å². The van der Waals surface area contributed by atoms with Crippen molar-refractivity contribution in [1.82, 2.24) is 14.9 Å². The normalized spacial score (nSPS) is 19.1. The van der Waals surface area contributed by atoms with E-state index in [1.807, 2.05) is 49.4 Å². The molecule has 2 atom stereocenters. The number of aryl methyl sites for hydroxylation is 2. The number of ether oxygens (including phenoxy) is 1. The highest BCUT2D eigenvalue weighted by atomic mass is 16.5. The van der Waals surface area contributed by atoms with E-state index in [-0.39, 0.29) is 18.6 Å². The van der Waals surface area contributed by atoms with E-state index in [1.165, 1.54) is 0 Å². The van der Waals surface area contributed by atoms with Gasteiger partial charge in [-0.3, -0.25) is 9.78 Å². The largest absolute Gasteiger partial charge is 0.488 e. The van der Waals surface area contributed by atoms with E-state index in [1.54, 1.807) is 17.3 Å². The predicted molar refractivity (Wildman–Crippen MR) is 120 cm³/mol. The predicted octanol–water partition coefficient (Wildman–Crippen LogP) is 3.99. The van der Waals surface area contributed by atoms with Crippen LogP contribution in [0.3, 0.4) is 0 Å². The lowest BCUT2D eigenvalue weighted by molar-refractivity contribution is -0.0198. The fraction of sp³-hybridized carbons (Fsp3) is 0.280. The average Bonchev–Trinajstić information content (AvgIpc) is 3.07. The van der Waals surface area contributed by atoms with Gasteiger partial charge in [-0.2, -0.15) is 0 Å². The standard InChI is InChI=1S/C25H25N3O3/c1-15-16(2)27-22-6-4-18(12-21(15)22)25(30)28-10-8-24(23(29)14-28)31-20-5-3-17-7-9-26-13-19(17)11-20/h3-7,9,11-13,23-24,27,29H,8,10,14H2,1-2H3/t23-,24-/m1/s1. The monoisotopic (exact) mass is 415 g/mol. The molecule has 0 aliphatic carbocycles. The third-order valence-electron chi connectivity index (χ3n) is 6.26. The van der Waals surface area contributed by atoms with Crippen LogP contribution in [0.2, 0.25) is 0 Å². The second-order valence-corrected chi connectivity index (χ2v) is 8.28. The van der Waals surface area contributed by atoms with Crippen molar-refractivity contribution >= 4 is 27.6 Å². The summed E-state index contributed by atoms with van der Waals surface area (Å²) in [6, 6.07) is 13.5. The summed E-state index contributed by atoms with van der Waals surface area (Å²) in [5.74, 6) is 0.641. The van der Waals surface area contributed by atoms with Crippen molar-refractivity contribution in [3.8, 4) is 5.75 Å². The van der Waals surface area contributed by atoms with Crippen LogP contribution in [-0.4, -0.2) is 51.2 Å². The van der Waals surface area contributed by atoms with Gasteiger partial charge in [-0.15, -0.1) is 0 Å². The number of aromatic amines is 1. The summed E-state index contributed by atoms with van der Waals surface area (Å²) in [6.45, 7) is 4.88. The number of carbonyl (C=O) groups is 1. The zero-order valence-electron chi connectivity index (χ0n) is 17.6. The number of fused-ring (bicyclic) bond motifs is 2. The van der Waals surface area contributed by atoms with Crippen LogP contribution in [0.25, 0.3) is 21.7 Å². The Kier molecular flexibility index (Phi) is 4.87. The number of carbonyl (C=O) groups excluding carboxylic acids is 1. The molecular weight excluding hydrogens is 390 g/mol. The summed E-state index contributed by atoms with van der Waals surface area (Å²) in [5.41, 5.74) is 3.94. The molecule has 31 heavy (non-hydrogen) atoms. The van der Waals surface area contributed by atoms with Crippen molar-refractivity contribution in [2.45, 2.75) is 32.5 Å². The number of benzene rings is 2. The van der Waals surface area contributed by atoms with E-state index in [0.29, 0.717) is 24.3 Å². The summed E-state index contributed by atoms with van der Waals surface area (Å²) in [6.07, 6.45) is 3.03. The van der Waals surface area contributed by atoms with Gasteiger partial charge in [0.15, 0.2) is 0 Å². The van der Waals surface area contributed by atoms with Crippen LogP contribution < -0.4 is 4.74 Å². The van der Waals surface area contributed by atoms with Gasteiger partial charge in [0.05, 0.1) is 6.54 Å². The average molecular weight is 415 g/mol. The van der Waals surface area contributed by atoms with Gasteiger partial charge in [0.1, 0.15) is 18.0 Å². The molecule has 1 fully saturated rings. The molecule has 1 aliphatic rings. The van der Waals surface area contributed by atoms with Gasteiger partial charge in [0.2, 0.25) is 0 Å². The van der Waals surface area contributed by atoms with E-state index in [4.69, 9.17) is 4.74 Å². The molecule has 0 saturated carbocycles. The third-order valence-corrected chi connectivity index (χ3v) is 6.26. The number of hydrogen-bond acceptors (Lipinski definition) is 4. The van der Waals surface area contributed by atoms with Gasteiger partial charge in [-0.25, -0.2) is 0 Å². The van der Waals surface area contributed by atoms with Gasteiger partial charge in [0, 0.05) is 52.9 Å². The quantitative estimate of drug-likeness (QED) is 0.530. The van der Waals surface area contributed by atoms with Crippen molar-refractivity contribution in [3.63, 3.8) is 0 Å². The first-order valence-electron chi connectivity index (χ1n) is 10.6. The fourth-order valence-electron chi connectivity index (χ4n) is 4.32. The van der Waals surface area contributed by atoms with Crippen LogP contribution in [0.5, 0.6) is 5.75 Å². The van der Waals surface area contributed by atoms with E-state index in [0.717, 1.165) is 32.9 Å². The summed E-state index contributed by atoms with van der Waals surface area (Å²) < 4.78 is 6.07. The van der Waals surface area contributed by atoms with Gasteiger partial charge >= 0.3 is 0 Å². The highest BCUT2D eigenvalue weighted by Gasteiger charge is 2.32. The second-order valence-electron chi connectivity index (χ2n) is 8.28. The molecule has 2 N–H and O–H groups in total. The number of aromatic nitrogens is 2. The Morgan fingerprint density at radius 1 is 1.16 bits per heavy atom. The zero-order valence-corrected chi connectivity index (χ0v) is 17.6. The number of piperidine rings is 1. The van der Waals surface area contributed by atoms with Crippen LogP contribution in [0.4, 0.5) is 0 Å². The Hall–Kier alpha value is -3.38. The van der Waals surface area contributed by atoms with Crippen LogP contribution in [0.1, 0.15) is 28.0 Å². The minimum absolute atomic E-state index is 0.0607. The smallest absolute Gasteiger partial charge is 0.253 e. The molecule has 2 aromatic heterocycles. The number of H-pyrrole nitrogens is 1. The van der Waals surface area contributed by atoms with Crippen molar-refractivity contribution in [3.05, 3.63) is 71.7 Å². The molecule has 6 nitrogen and oxygen atoms in total. The maximum absolute atomic E-state index is 13.1. The number of nitrogens with one attached hydrogen (secondary N) is 1.